The van der Waals surface area contributed by atoms with Crippen molar-refractivity contribution in [2.45, 2.75) is 31.0 Å². The Morgan fingerprint density at radius 1 is 0.660 bits per heavy atom. The van der Waals surface area contributed by atoms with Gasteiger partial charge in [-0.1, -0.05) is 50.3 Å². The van der Waals surface area contributed by atoms with Gasteiger partial charge in [0.1, 0.15) is 28.7 Å². The summed E-state index contributed by atoms with van der Waals surface area (Å²) in [5.41, 5.74) is 2.88. The number of hydrogen-bond acceptors (Lipinski definition) is 5. The molecule has 5 aromatic rings. The van der Waals surface area contributed by atoms with Gasteiger partial charge >= 0.3 is 6.18 Å². The average Bonchev–Trinajstić information content (AvgIpc) is 3.33. The summed E-state index contributed by atoms with van der Waals surface area (Å²) in [7, 11) is 6.36. The lowest BCUT2D eigenvalue weighted by molar-refractivity contribution is -0.137. The predicted octanol–water partition coefficient (Wildman–Crippen LogP) is 9.55. The molecule has 47 heavy (non-hydrogen) atoms. The van der Waals surface area contributed by atoms with E-state index in [4.69, 9.17) is 23.7 Å². The quantitative estimate of drug-likeness (QED) is 0.185. The largest absolute Gasteiger partial charge is 0.497 e. The van der Waals surface area contributed by atoms with Crippen LogP contribution < -0.4 is 23.7 Å². The number of alkyl halides is 3. The maximum atomic E-state index is 13.9. The molecule has 0 saturated carbocycles. The van der Waals surface area contributed by atoms with E-state index < -0.39 is 22.8 Å². The van der Waals surface area contributed by atoms with Crippen LogP contribution in [0.4, 0.5) is 13.2 Å². The number of ether oxygens (including phenoxy) is 5. The standard InChI is InChI=1S/C39H33F3O5/c1-37(2)33-19-22(39(40,41)42)11-12-31(33)34-29-9-7-8-10-30(29)36-32(35(34)37)13-14-38(47-36,23-15-25(43-3)20-26(16-23)44-4)24-17-27(45-5)21-28(18-24)46-6/h7-21H,1-6H3. The highest BCUT2D eigenvalue weighted by atomic mass is 19.4. The van der Waals surface area contributed by atoms with Crippen molar-refractivity contribution in [3.8, 4) is 39.9 Å². The molecule has 7 rings (SSSR count). The molecule has 0 amide bonds. The third kappa shape index (κ3) is 4.60. The van der Waals surface area contributed by atoms with Gasteiger partial charge in [-0.3, -0.25) is 0 Å². The van der Waals surface area contributed by atoms with Crippen molar-refractivity contribution in [1.29, 1.82) is 0 Å². The van der Waals surface area contributed by atoms with Crippen LogP contribution in [0.2, 0.25) is 0 Å². The van der Waals surface area contributed by atoms with E-state index in [2.05, 4.69) is 0 Å². The first kappa shape index (κ1) is 30.5. The van der Waals surface area contributed by atoms with E-state index >= 15 is 0 Å². The normalized spacial score (nSPS) is 15.3. The third-order valence-corrected chi connectivity index (χ3v) is 9.43. The Bertz CT molecular complexity index is 1990. The van der Waals surface area contributed by atoms with Crippen LogP contribution in [-0.2, 0) is 17.2 Å². The Morgan fingerprint density at radius 3 is 1.70 bits per heavy atom. The van der Waals surface area contributed by atoms with Crippen LogP contribution in [0.15, 0.2) is 84.9 Å². The van der Waals surface area contributed by atoms with Crippen LogP contribution in [0.3, 0.4) is 0 Å². The van der Waals surface area contributed by atoms with Crippen LogP contribution in [0.25, 0.3) is 28.0 Å². The molecule has 0 atom stereocenters. The fraction of sp³-hybridized carbons (Fsp3) is 0.231. The van der Waals surface area contributed by atoms with Crippen molar-refractivity contribution >= 4 is 16.8 Å². The zero-order valence-corrected chi connectivity index (χ0v) is 26.8. The average molecular weight is 639 g/mol. The number of fused-ring (bicyclic) bond motifs is 8. The number of halogens is 3. The summed E-state index contributed by atoms with van der Waals surface area (Å²) in [5, 5.41) is 1.73. The SMILES string of the molecule is COc1cc(OC)cc(C2(c3cc(OC)cc(OC)c3)C=Cc3c4c(c5ccccc5c3O2)-c2ccc(C(F)(F)F)cc2C4(C)C)c1. The minimum Gasteiger partial charge on any atom is -0.497 e. The molecular formula is C39H33F3O5. The lowest BCUT2D eigenvalue weighted by Gasteiger charge is -2.38. The summed E-state index contributed by atoms with van der Waals surface area (Å²) in [4.78, 5) is 0. The lowest BCUT2D eigenvalue weighted by atomic mass is 9.76. The Hall–Kier alpha value is -5.11. The first-order chi connectivity index (χ1) is 22.4. The summed E-state index contributed by atoms with van der Waals surface area (Å²) in [6.07, 6.45) is -0.451. The molecule has 0 N–H and O–H groups in total. The molecule has 8 heteroatoms. The first-order valence-corrected chi connectivity index (χ1v) is 15.1. The highest BCUT2D eigenvalue weighted by Gasteiger charge is 2.46. The summed E-state index contributed by atoms with van der Waals surface area (Å²) < 4.78 is 71.7. The molecule has 1 heterocycles. The van der Waals surface area contributed by atoms with Crippen LogP contribution >= 0.6 is 0 Å². The second-order valence-corrected chi connectivity index (χ2v) is 12.3. The maximum absolute atomic E-state index is 13.9. The minimum absolute atomic E-state index is 0.576. The number of rotatable bonds is 6. The Labute approximate surface area is 271 Å². The highest BCUT2D eigenvalue weighted by molar-refractivity contribution is 6.08. The highest BCUT2D eigenvalue weighted by Crippen LogP contribution is 2.59. The van der Waals surface area contributed by atoms with Gasteiger partial charge in [0, 0.05) is 39.6 Å². The molecule has 0 fully saturated rings. The van der Waals surface area contributed by atoms with E-state index in [1.807, 2.05) is 74.5 Å². The van der Waals surface area contributed by atoms with E-state index in [0.717, 1.165) is 44.2 Å². The molecule has 0 saturated heterocycles. The van der Waals surface area contributed by atoms with Gasteiger partial charge in [0.05, 0.1) is 34.0 Å². The molecule has 0 bridgehead atoms. The smallest absolute Gasteiger partial charge is 0.416 e. The number of methoxy groups -OCH3 is 4. The zero-order chi connectivity index (χ0) is 33.3. The number of hydrogen-bond donors (Lipinski definition) is 0. The summed E-state index contributed by atoms with van der Waals surface area (Å²) in [6.45, 7) is 3.95. The van der Waals surface area contributed by atoms with Gasteiger partial charge in [-0.05, 0) is 70.1 Å². The van der Waals surface area contributed by atoms with Crippen LogP contribution in [0.5, 0.6) is 28.7 Å². The molecule has 1 aliphatic carbocycles. The van der Waals surface area contributed by atoms with E-state index in [1.165, 1.54) is 12.1 Å². The zero-order valence-electron chi connectivity index (χ0n) is 26.8. The lowest BCUT2D eigenvalue weighted by Crippen LogP contribution is -2.35. The van der Waals surface area contributed by atoms with E-state index in [0.29, 0.717) is 34.3 Å². The fourth-order valence-electron chi connectivity index (χ4n) is 7.13. The second kappa shape index (κ2) is 10.7. The van der Waals surface area contributed by atoms with Crippen molar-refractivity contribution in [3.05, 3.63) is 118 Å². The minimum atomic E-state index is -4.46. The molecule has 1 aliphatic heterocycles. The predicted molar refractivity (Wildman–Crippen MR) is 176 cm³/mol. The Morgan fingerprint density at radius 2 is 1.19 bits per heavy atom. The first-order valence-electron chi connectivity index (χ1n) is 15.1. The Kier molecular flexibility index (Phi) is 6.97. The monoisotopic (exact) mass is 638 g/mol. The van der Waals surface area contributed by atoms with Gasteiger partial charge in [0.15, 0.2) is 5.60 Å². The second-order valence-electron chi connectivity index (χ2n) is 12.3. The summed E-state index contributed by atoms with van der Waals surface area (Å²) >= 11 is 0. The molecule has 5 nitrogen and oxygen atoms in total. The van der Waals surface area contributed by atoms with Crippen molar-refractivity contribution in [2.75, 3.05) is 28.4 Å². The summed E-state index contributed by atoms with van der Waals surface area (Å²) in [5.74, 6) is 2.92. The van der Waals surface area contributed by atoms with Crippen molar-refractivity contribution in [2.24, 2.45) is 0 Å². The molecule has 0 radical (unpaired) electrons. The van der Waals surface area contributed by atoms with Gasteiger partial charge in [-0.25, -0.2) is 0 Å². The van der Waals surface area contributed by atoms with Crippen LogP contribution in [0.1, 0.15) is 47.2 Å². The van der Waals surface area contributed by atoms with Crippen molar-refractivity contribution in [3.63, 3.8) is 0 Å². The third-order valence-electron chi connectivity index (χ3n) is 9.43. The van der Waals surface area contributed by atoms with E-state index in [1.54, 1.807) is 46.6 Å². The van der Waals surface area contributed by atoms with E-state index in [-0.39, 0.29) is 0 Å². The van der Waals surface area contributed by atoms with Crippen molar-refractivity contribution in [1.82, 2.24) is 0 Å². The molecule has 240 valence electrons. The fourth-order valence-corrected chi connectivity index (χ4v) is 7.13. The van der Waals surface area contributed by atoms with Crippen LogP contribution in [-0.4, -0.2) is 28.4 Å². The molecule has 5 aromatic carbocycles. The van der Waals surface area contributed by atoms with Gasteiger partial charge in [-0.2, -0.15) is 13.2 Å². The van der Waals surface area contributed by atoms with Crippen LogP contribution in [0, 0.1) is 0 Å². The topological polar surface area (TPSA) is 46.2 Å². The van der Waals surface area contributed by atoms with Gasteiger partial charge in [0.2, 0.25) is 0 Å². The van der Waals surface area contributed by atoms with Gasteiger partial charge in [-0.15, -0.1) is 0 Å². The molecule has 0 aromatic heterocycles. The maximum Gasteiger partial charge on any atom is 0.416 e. The van der Waals surface area contributed by atoms with E-state index in [9.17, 15) is 13.2 Å². The molecule has 0 spiro atoms. The van der Waals surface area contributed by atoms with Gasteiger partial charge < -0.3 is 23.7 Å². The van der Waals surface area contributed by atoms with Gasteiger partial charge in [0.25, 0.3) is 0 Å². The number of benzene rings is 5. The Balaban J connectivity index is 1.55. The summed E-state index contributed by atoms with van der Waals surface area (Å²) in [6, 6.07) is 23.1. The molecule has 2 aliphatic rings. The van der Waals surface area contributed by atoms with Crippen molar-refractivity contribution < 1.29 is 36.9 Å². The molecular weight excluding hydrogens is 605 g/mol. The molecule has 0 unspecified atom stereocenters.